The number of aryl methyl sites for hydroxylation is 1. The molecule has 4 nitrogen and oxygen atoms in total. The van der Waals surface area contributed by atoms with Crippen LogP contribution in [0.15, 0.2) is 5.38 Å². The minimum atomic E-state index is -4.39. The fourth-order valence-corrected chi connectivity index (χ4v) is 4.10. The van der Waals surface area contributed by atoms with Crippen LogP contribution < -0.4 is 4.90 Å². The van der Waals surface area contributed by atoms with Crippen molar-refractivity contribution in [1.29, 1.82) is 0 Å². The van der Waals surface area contributed by atoms with Gasteiger partial charge >= 0.3 is 6.18 Å². The zero-order chi connectivity index (χ0) is 18.2. The number of piperidine rings is 1. The first-order valence-corrected chi connectivity index (χ1v) is 9.36. The van der Waals surface area contributed by atoms with Crippen molar-refractivity contribution in [2.75, 3.05) is 18.0 Å². The molecule has 136 valence electrons. The molecule has 1 saturated heterocycles. The second-order valence-corrected chi connectivity index (χ2v) is 7.33. The summed E-state index contributed by atoms with van der Waals surface area (Å²) < 4.78 is 38.4. The van der Waals surface area contributed by atoms with Crippen LogP contribution in [0.1, 0.15) is 47.8 Å². The summed E-state index contributed by atoms with van der Waals surface area (Å²) in [5.74, 6) is 1.41. The van der Waals surface area contributed by atoms with Crippen LogP contribution in [0.5, 0.6) is 0 Å². The molecular formula is C16H18ClF3N4S. The predicted octanol–water partition coefficient (Wildman–Crippen LogP) is 4.86. The summed E-state index contributed by atoms with van der Waals surface area (Å²) >= 11 is 7.29. The summed E-state index contributed by atoms with van der Waals surface area (Å²) in [6.07, 6.45) is -2.03. The van der Waals surface area contributed by atoms with Gasteiger partial charge in [0.25, 0.3) is 0 Å². The zero-order valence-electron chi connectivity index (χ0n) is 13.9. The van der Waals surface area contributed by atoms with Crippen molar-refractivity contribution in [3.05, 3.63) is 32.6 Å². The highest BCUT2D eigenvalue weighted by atomic mass is 35.5. The standard InChI is InChI=1S/C16H18ClF3N4S/c1-3-12-22-13(17)9(2)14(23-12)24-6-4-5-10(7-24)15-21-11(8-25-15)16(18,19)20/h8,10H,3-7H2,1-2H3. The van der Waals surface area contributed by atoms with Crippen molar-refractivity contribution in [3.63, 3.8) is 0 Å². The Kier molecular flexibility index (Phi) is 5.20. The largest absolute Gasteiger partial charge is 0.434 e. The number of anilines is 1. The highest BCUT2D eigenvalue weighted by Crippen LogP contribution is 2.36. The number of alkyl halides is 3. The number of aromatic nitrogens is 3. The van der Waals surface area contributed by atoms with Gasteiger partial charge < -0.3 is 4.90 Å². The molecule has 2 aromatic heterocycles. The Hall–Kier alpha value is -1.41. The molecule has 1 atom stereocenters. The monoisotopic (exact) mass is 390 g/mol. The van der Waals surface area contributed by atoms with Crippen LogP contribution >= 0.6 is 22.9 Å². The highest BCUT2D eigenvalue weighted by molar-refractivity contribution is 7.09. The first kappa shape index (κ1) is 18.4. The van der Waals surface area contributed by atoms with Gasteiger partial charge in [0.05, 0.1) is 5.01 Å². The molecule has 0 saturated carbocycles. The first-order valence-electron chi connectivity index (χ1n) is 8.10. The fraction of sp³-hybridized carbons (Fsp3) is 0.562. The third-order valence-electron chi connectivity index (χ3n) is 4.31. The van der Waals surface area contributed by atoms with Gasteiger partial charge in [-0.1, -0.05) is 18.5 Å². The Morgan fingerprint density at radius 2 is 2.08 bits per heavy atom. The van der Waals surface area contributed by atoms with Crippen molar-refractivity contribution in [3.8, 4) is 0 Å². The van der Waals surface area contributed by atoms with Crippen LogP contribution in [0.4, 0.5) is 19.0 Å². The third-order valence-corrected chi connectivity index (χ3v) is 5.68. The molecule has 3 rings (SSSR count). The Morgan fingerprint density at radius 3 is 2.72 bits per heavy atom. The van der Waals surface area contributed by atoms with Crippen molar-refractivity contribution >= 4 is 28.8 Å². The number of nitrogens with zero attached hydrogens (tertiary/aromatic N) is 4. The maximum Gasteiger partial charge on any atom is 0.434 e. The van der Waals surface area contributed by atoms with Gasteiger partial charge in [0.1, 0.15) is 16.8 Å². The molecule has 0 amide bonds. The molecule has 0 aromatic carbocycles. The number of rotatable bonds is 3. The number of thiazole rings is 1. The van der Waals surface area contributed by atoms with Gasteiger partial charge in [0.2, 0.25) is 0 Å². The molecule has 1 fully saturated rings. The van der Waals surface area contributed by atoms with E-state index in [-0.39, 0.29) is 5.92 Å². The zero-order valence-corrected chi connectivity index (χ0v) is 15.5. The molecule has 9 heteroatoms. The molecule has 0 spiro atoms. The van der Waals surface area contributed by atoms with E-state index in [9.17, 15) is 13.2 Å². The Labute approximate surface area is 153 Å². The Morgan fingerprint density at radius 1 is 1.32 bits per heavy atom. The van der Waals surface area contributed by atoms with Gasteiger partial charge in [0.15, 0.2) is 5.69 Å². The van der Waals surface area contributed by atoms with Gasteiger partial charge in [-0.3, -0.25) is 0 Å². The highest BCUT2D eigenvalue weighted by Gasteiger charge is 2.35. The first-order chi connectivity index (χ1) is 11.8. The molecular weight excluding hydrogens is 373 g/mol. The average Bonchev–Trinajstić information content (AvgIpc) is 3.08. The molecule has 0 aliphatic carbocycles. The van der Waals surface area contributed by atoms with Crippen LogP contribution in [0.2, 0.25) is 5.15 Å². The minimum absolute atomic E-state index is 0.0342. The number of halogens is 4. The molecule has 1 aliphatic heterocycles. The van der Waals surface area contributed by atoms with Crippen molar-refractivity contribution in [1.82, 2.24) is 15.0 Å². The predicted molar refractivity (Wildman–Crippen MR) is 92.5 cm³/mol. The van der Waals surface area contributed by atoms with Gasteiger partial charge in [-0.15, -0.1) is 11.3 Å². The lowest BCUT2D eigenvalue weighted by Gasteiger charge is -2.33. The second-order valence-electron chi connectivity index (χ2n) is 6.09. The van der Waals surface area contributed by atoms with Crippen LogP contribution in [0.25, 0.3) is 0 Å². The van der Waals surface area contributed by atoms with Crippen LogP contribution in [0.3, 0.4) is 0 Å². The van der Waals surface area contributed by atoms with E-state index in [1.54, 1.807) is 0 Å². The molecule has 0 bridgehead atoms. The van der Waals surface area contributed by atoms with E-state index in [4.69, 9.17) is 11.6 Å². The lowest BCUT2D eigenvalue weighted by molar-refractivity contribution is -0.140. The van der Waals surface area contributed by atoms with E-state index in [2.05, 4.69) is 19.9 Å². The molecule has 3 heterocycles. The summed E-state index contributed by atoms with van der Waals surface area (Å²) in [5, 5.41) is 2.05. The quantitative estimate of drug-likeness (QED) is 0.702. The van der Waals surface area contributed by atoms with E-state index in [0.29, 0.717) is 29.0 Å². The van der Waals surface area contributed by atoms with E-state index < -0.39 is 11.9 Å². The van der Waals surface area contributed by atoms with Crippen LogP contribution in [0, 0.1) is 6.92 Å². The van der Waals surface area contributed by atoms with Crippen LogP contribution in [-0.2, 0) is 12.6 Å². The summed E-state index contributed by atoms with van der Waals surface area (Å²) in [7, 11) is 0. The molecule has 0 radical (unpaired) electrons. The number of hydrogen-bond donors (Lipinski definition) is 0. The van der Waals surface area contributed by atoms with E-state index >= 15 is 0 Å². The molecule has 0 N–H and O–H groups in total. The summed E-state index contributed by atoms with van der Waals surface area (Å²) in [6.45, 7) is 5.21. The molecule has 1 unspecified atom stereocenters. The van der Waals surface area contributed by atoms with Gasteiger partial charge in [-0.2, -0.15) is 13.2 Å². The van der Waals surface area contributed by atoms with Crippen molar-refractivity contribution in [2.45, 2.75) is 45.2 Å². The van der Waals surface area contributed by atoms with Crippen molar-refractivity contribution < 1.29 is 13.2 Å². The Bertz CT molecular complexity index is 762. The van der Waals surface area contributed by atoms with Crippen LogP contribution in [-0.4, -0.2) is 28.0 Å². The summed E-state index contributed by atoms with van der Waals surface area (Å²) in [5.41, 5.74) is -0.00575. The molecule has 25 heavy (non-hydrogen) atoms. The second kappa shape index (κ2) is 7.07. The lowest BCUT2D eigenvalue weighted by atomic mass is 9.98. The van der Waals surface area contributed by atoms with E-state index in [0.717, 1.165) is 47.5 Å². The SMILES string of the molecule is CCc1nc(Cl)c(C)c(N2CCCC(c3nc(C(F)(F)F)cs3)C2)n1. The average molecular weight is 391 g/mol. The molecule has 1 aliphatic rings. The van der Waals surface area contributed by atoms with Gasteiger partial charge in [-0.05, 0) is 19.8 Å². The Balaban J connectivity index is 1.84. The fourth-order valence-electron chi connectivity index (χ4n) is 2.96. The van der Waals surface area contributed by atoms with Crippen molar-refractivity contribution in [2.24, 2.45) is 0 Å². The van der Waals surface area contributed by atoms with E-state index in [1.807, 2.05) is 13.8 Å². The topological polar surface area (TPSA) is 41.9 Å². The summed E-state index contributed by atoms with van der Waals surface area (Å²) in [4.78, 5) is 14.7. The van der Waals surface area contributed by atoms with Gasteiger partial charge in [0, 0.05) is 36.4 Å². The maximum atomic E-state index is 12.8. The van der Waals surface area contributed by atoms with E-state index in [1.165, 1.54) is 0 Å². The normalized spacial score (nSPS) is 18.6. The third kappa shape index (κ3) is 3.89. The van der Waals surface area contributed by atoms with Gasteiger partial charge in [-0.25, -0.2) is 15.0 Å². The summed E-state index contributed by atoms with van der Waals surface area (Å²) in [6, 6.07) is 0. The molecule has 2 aromatic rings. The minimum Gasteiger partial charge on any atom is -0.356 e. The lowest BCUT2D eigenvalue weighted by Crippen LogP contribution is -2.35. The number of hydrogen-bond acceptors (Lipinski definition) is 5. The maximum absolute atomic E-state index is 12.8. The smallest absolute Gasteiger partial charge is 0.356 e.